The molecule has 0 aromatic heterocycles. The van der Waals surface area contributed by atoms with Crippen molar-refractivity contribution in [2.24, 2.45) is 0 Å². The summed E-state index contributed by atoms with van der Waals surface area (Å²) in [5, 5.41) is 0. The molecule has 0 spiro atoms. The lowest BCUT2D eigenvalue weighted by Crippen LogP contribution is -1.84. The number of unbranched alkanes of at least 4 members (excludes halogenated alkanes) is 3. The number of hydrogen-bond donors (Lipinski definition) is 0. The van der Waals surface area contributed by atoms with Gasteiger partial charge in [-0.3, -0.25) is 0 Å². The first-order valence-electron chi connectivity index (χ1n) is 6.03. The lowest BCUT2D eigenvalue weighted by molar-refractivity contribution is 0.728. The van der Waals surface area contributed by atoms with Crippen molar-refractivity contribution >= 4 is 0 Å². The Bertz CT molecular complexity index is 122. The molecule has 0 nitrogen and oxygen atoms in total. The van der Waals surface area contributed by atoms with Crippen molar-refractivity contribution < 1.29 is 0 Å². The van der Waals surface area contributed by atoms with E-state index in [2.05, 4.69) is 26.8 Å². The summed E-state index contributed by atoms with van der Waals surface area (Å²) in [4.78, 5) is 0. The van der Waals surface area contributed by atoms with Crippen LogP contribution in [0.1, 0.15) is 72.1 Å². The molecule has 0 atom stereocenters. The summed E-state index contributed by atoms with van der Waals surface area (Å²) in [5.41, 5.74) is 1.71. The monoisotopic (exact) mass is 182 g/mol. The zero-order chi connectivity index (χ0) is 9.94. The molecule has 0 radical (unpaired) electrons. The summed E-state index contributed by atoms with van der Waals surface area (Å²) in [7, 11) is 0. The molecule has 0 rings (SSSR count). The minimum atomic E-state index is 1.30. The highest BCUT2D eigenvalue weighted by atomic mass is 14.0. The zero-order valence-corrected chi connectivity index (χ0v) is 9.73. The van der Waals surface area contributed by atoms with Crippen molar-refractivity contribution in [2.75, 3.05) is 0 Å². The van der Waals surface area contributed by atoms with Gasteiger partial charge in [-0.25, -0.2) is 0 Å². The van der Waals surface area contributed by atoms with Gasteiger partial charge in [-0.1, -0.05) is 58.1 Å². The Morgan fingerprint density at radius 1 is 0.846 bits per heavy atom. The predicted molar refractivity (Wildman–Crippen MR) is 62.0 cm³/mol. The minimum absolute atomic E-state index is 1.30. The largest absolute Gasteiger partial charge is 0.0853 e. The molecule has 78 valence electrons. The van der Waals surface area contributed by atoms with Crippen molar-refractivity contribution in [3.05, 3.63) is 11.6 Å². The Balaban J connectivity index is 3.69. The van der Waals surface area contributed by atoms with Crippen molar-refractivity contribution in [1.82, 2.24) is 0 Å². The molecule has 0 fully saturated rings. The maximum atomic E-state index is 2.49. The summed E-state index contributed by atoms with van der Waals surface area (Å²) in [6, 6.07) is 0. The maximum absolute atomic E-state index is 2.49. The first kappa shape index (κ1) is 12.7. The average molecular weight is 182 g/mol. The van der Waals surface area contributed by atoms with Crippen LogP contribution in [0.15, 0.2) is 11.6 Å². The molecule has 0 saturated heterocycles. The summed E-state index contributed by atoms with van der Waals surface area (Å²) in [6.07, 6.45) is 13.1. The van der Waals surface area contributed by atoms with E-state index < -0.39 is 0 Å². The molecule has 0 aliphatic heterocycles. The minimum Gasteiger partial charge on any atom is -0.0853 e. The molecule has 0 bridgehead atoms. The first-order valence-corrected chi connectivity index (χ1v) is 6.03. The van der Waals surface area contributed by atoms with E-state index >= 15 is 0 Å². The predicted octanol–water partition coefficient (Wildman–Crippen LogP) is 5.09. The third-order valence-corrected chi connectivity index (χ3v) is 2.41. The summed E-state index contributed by atoms with van der Waals surface area (Å²) < 4.78 is 0. The van der Waals surface area contributed by atoms with Gasteiger partial charge in [0.1, 0.15) is 0 Å². The second kappa shape index (κ2) is 9.83. The SMILES string of the molecule is CCCCC=C(CCC)CCCC. The Morgan fingerprint density at radius 2 is 1.54 bits per heavy atom. The topological polar surface area (TPSA) is 0 Å². The Hall–Kier alpha value is -0.260. The molecular formula is C13H26. The first-order chi connectivity index (χ1) is 6.35. The molecule has 0 aromatic rings. The molecule has 0 unspecified atom stereocenters. The van der Waals surface area contributed by atoms with Crippen LogP contribution >= 0.6 is 0 Å². The molecule has 0 heterocycles. The van der Waals surface area contributed by atoms with Crippen LogP contribution in [0.5, 0.6) is 0 Å². The van der Waals surface area contributed by atoms with Gasteiger partial charge in [0, 0.05) is 0 Å². The summed E-state index contributed by atoms with van der Waals surface area (Å²) in [6.45, 7) is 6.81. The van der Waals surface area contributed by atoms with E-state index in [0.29, 0.717) is 0 Å². The standard InChI is InChI=1S/C13H26/c1-4-7-9-12-13(10-6-3)11-8-5-2/h12H,4-11H2,1-3H3. The smallest absolute Gasteiger partial charge is 0.0320 e. The van der Waals surface area contributed by atoms with E-state index in [9.17, 15) is 0 Å². The fourth-order valence-corrected chi connectivity index (χ4v) is 1.56. The van der Waals surface area contributed by atoms with E-state index in [4.69, 9.17) is 0 Å². The number of rotatable bonds is 8. The van der Waals surface area contributed by atoms with Crippen LogP contribution < -0.4 is 0 Å². The Labute approximate surface area is 84.4 Å². The van der Waals surface area contributed by atoms with Crippen LogP contribution in [0.3, 0.4) is 0 Å². The van der Waals surface area contributed by atoms with Gasteiger partial charge in [0.15, 0.2) is 0 Å². The van der Waals surface area contributed by atoms with E-state index in [1.165, 1.54) is 51.4 Å². The third-order valence-electron chi connectivity index (χ3n) is 2.41. The van der Waals surface area contributed by atoms with Gasteiger partial charge in [0.05, 0.1) is 0 Å². The Kier molecular flexibility index (Phi) is 9.63. The zero-order valence-electron chi connectivity index (χ0n) is 9.73. The van der Waals surface area contributed by atoms with Crippen LogP contribution in [-0.4, -0.2) is 0 Å². The fourth-order valence-electron chi connectivity index (χ4n) is 1.56. The molecule has 0 heteroatoms. The summed E-state index contributed by atoms with van der Waals surface area (Å²) in [5.74, 6) is 0. The highest BCUT2D eigenvalue weighted by molar-refractivity contribution is 5.01. The van der Waals surface area contributed by atoms with E-state index in [1.54, 1.807) is 5.57 Å². The third kappa shape index (κ3) is 8.08. The van der Waals surface area contributed by atoms with Gasteiger partial charge < -0.3 is 0 Å². The van der Waals surface area contributed by atoms with Crippen LogP contribution in [-0.2, 0) is 0 Å². The second-order valence-corrected chi connectivity index (χ2v) is 3.86. The molecule has 0 aliphatic carbocycles. The van der Waals surface area contributed by atoms with Crippen LogP contribution in [0.4, 0.5) is 0 Å². The second-order valence-electron chi connectivity index (χ2n) is 3.86. The maximum Gasteiger partial charge on any atom is -0.0320 e. The van der Waals surface area contributed by atoms with Gasteiger partial charge in [0.2, 0.25) is 0 Å². The molecule has 0 aromatic carbocycles. The normalized spacial score (nSPS) is 12.1. The van der Waals surface area contributed by atoms with Gasteiger partial charge in [-0.2, -0.15) is 0 Å². The lowest BCUT2D eigenvalue weighted by atomic mass is 10.0. The highest BCUT2D eigenvalue weighted by Gasteiger charge is 1.95. The van der Waals surface area contributed by atoms with Crippen molar-refractivity contribution in [3.8, 4) is 0 Å². The van der Waals surface area contributed by atoms with Crippen molar-refractivity contribution in [1.29, 1.82) is 0 Å². The molecule has 0 amide bonds. The average Bonchev–Trinajstić information content (AvgIpc) is 2.14. The fraction of sp³-hybridized carbons (Fsp3) is 0.846. The molecule has 0 N–H and O–H groups in total. The lowest BCUT2D eigenvalue weighted by Gasteiger charge is -2.04. The van der Waals surface area contributed by atoms with E-state index in [-0.39, 0.29) is 0 Å². The highest BCUT2D eigenvalue weighted by Crippen LogP contribution is 2.15. The van der Waals surface area contributed by atoms with Crippen molar-refractivity contribution in [3.63, 3.8) is 0 Å². The van der Waals surface area contributed by atoms with Crippen molar-refractivity contribution in [2.45, 2.75) is 72.1 Å². The van der Waals surface area contributed by atoms with Crippen LogP contribution in [0.2, 0.25) is 0 Å². The van der Waals surface area contributed by atoms with E-state index in [1.807, 2.05) is 0 Å². The number of hydrogen-bond acceptors (Lipinski definition) is 0. The van der Waals surface area contributed by atoms with Crippen LogP contribution in [0, 0.1) is 0 Å². The van der Waals surface area contributed by atoms with E-state index in [0.717, 1.165) is 0 Å². The summed E-state index contributed by atoms with van der Waals surface area (Å²) >= 11 is 0. The van der Waals surface area contributed by atoms with Gasteiger partial charge in [-0.05, 0) is 25.7 Å². The molecule has 0 aliphatic rings. The molecular weight excluding hydrogens is 156 g/mol. The van der Waals surface area contributed by atoms with Crippen LogP contribution in [0.25, 0.3) is 0 Å². The molecule has 0 saturated carbocycles. The number of allylic oxidation sites excluding steroid dienone is 2. The van der Waals surface area contributed by atoms with Gasteiger partial charge >= 0.3 is 0 Å². The molecule has 13 heavy (non-hydrogen) atoms. The quantitative estimate of drug-likeness (QED) is 0.362. The van der Waals surface area contributed by atoms with Gasteiger partial charge in [-0.15, -0.1) is 0 Å². The Morgan fingerprint density at radius 3 is 2.08 bits per heavy atom. The van der Waals surface area contributed by atoms with Gasteiger partial charge in [0.25, 0.3) is 0 Å².